The Balaban J connectivity index is 4.09. The molecule has 0 aromatic carbocycles. The van der Waals surface area contributed by atoms with E-state index < -0.39 is 11.5 Å². The van der Waals surface area contributed by atoms with Crippen molar-refractivity contribution in [3.63, 3.8) is 0 Å². The summed E-state index contributed by atoms with van der Waals surface area (Å²) in [5.74, 6) is -0.916. The maximum atomic E-state index is 11.4. The van der Waals surface area contributed by atoms with Crippen molar-refractivity contribution in [3.05, 3.63) is 0 Å². The molecule has 0 aliphatic heterocycles. The Labute approximate surface area is 135 Å². The molecule has 1 unspecified atom stereocenters. The molecule has 6 nitrogen and oxygen atoms in total. The molecule has 0 aromatic heterocycles. The second-order valence-corrected chi connectivity index (χ2v) is 6.77. The summed E-state index contributed by atoms with van der Waals surface area (Å²) in [5.41, 5.74) is 4.94. The number of unbranched alkanes of at least 4 members (excludes halogenated alkanes) is 1. The Hall–Kier alpha value is -0.625. The Bertz CT molecular complexity index is 316. The van der Waals surface area contributed by atoms with Gasteiger partial charge in [0.1, 0.15) is 5.54 Å². The molecule has 0 spiro atoms. The van der Waals surface area contributed by atoms with Crippen molar-refractivity contribution < 1.29 is 14.9 Å². The van der Waals surface area contributed by atoms with Crippen molar-refractivity contribution in [1.82, 2.24) is 9.80 Å². The maximum Gasteiger partial charge on any atom is 0.323 e. The van der Waals surface area contributed by atoms with Gasteiger partial charge in [0.25, 0.3) is 6.92 Å². The highest BCUT2D eigenvalue weighted by molar-refractivity contribution is 6.48. The average Bonchev–Trinajstić information content (AvgIpc) is 2.41. The second-order valence-electron chi connectivity index (χ2n) is 6.77. The summed E-state index contributed by atoms with van der Waals surface area (Å²) < 4.78 is 0. The van der Waals surface area contributed by atoms with Crippen LogP contribution in [0.25, 0.3) is 0 Å². The van der Waals surface area contributed by atoms with E-state index in [4.69, 9.17) is 5.73 Å². The maximum absolute atomic E-state index is 11.4. The third-order valence-electron chi connectivity index (χ3n) is 4.01. The summed E-state index contributed by atoms with van der Waals surface area (Å²) in [6, 6.07) is 0. The van der Waals surface area contributed by atoms with Gasteiger partial charge in [0, 0.05) is 13.1 Å². The first-order valence-corrected chi connectivity index (χ1v) is 8.21. The van der Waals surface area contributed by atoms with Crippen molar-refractivity contribution >= 4 is 12.9 Å². The van der Waals surface area contributed by atoms with Crippen LogP contribution < -0.4 is 5.73 Å². The highest BCUT2D eigenvalue weighted by Gasteiger charge is 2.32. The summed E-state index contributed by atoms with van der Waals surface area (Å²) in [4.78, 5) is 15.8. The largest absolute Gasteiger partial charge is 0.480 e. The number of aliphatic carboxylic acids is 1. The second kappa shape index (κ2) is 11.0. The van der Waals surface area contributed by atoms with Gasteiger partial charge in [-0.1, -0.05) is 19.7 Å². The Morgan fingerprint density at radius 3 is 2.18 bits per heavy atom. The lowest BCUT2D eigenvalue weighted by Gasteiger charge is -2.26. The zero-order valence-electron chi connectivity index (χ0n) is 14.7. The Morgan fingerprint density at radius 1 is 1.09 bits per heavy atom. The molecule has 1 atom stereocenters. The van der Waals surface area contributed by atoms with Crippen LogP contribution >= 0.6 is 0 Å². The van der Waals surface area contributed by atoms with Crippen molar-refractivity contribution in [2.45, 2.75) is 50.8 Å². The lowest BCUT2D eigenvalue weighted by atomic mass is 9.66. The third-order valence-corrected chi connectivity index (χ3v) is 4.01. The number of carboxylic acids is 1. The van der Waals surface area contributed by atoms with E-state index in [1.165, 1.54) is 0 Å². The van der Waals surface area contributed by atoms with Gasteiger partial charge in [-0.05, 0) is 53.3 Å². The predicted molar refractivity (Wildman–Crippen MR) is 92.3 cm³/mol. The molecule has 0 aliphatic carbocycles. The van der Waals surface area contributed by atoms with Gasteiger partial charge in [0.15, 0.2) is 0 Å². The van der Waals surface area contributed by atoms with Gasteiger partial charge in [-0.2, -0.15) is 0 Å². The Kier molecular flexibility index (Phi) is 10.7. The molecule has 130 valence electrons. The van der Waals surface area contributed by atoms with Gasteiger partial charge in [-0.15, -0.1) is 0 Å². The molecule has 0 amide bonds. The molecule has 0 saturated carbocycles. The van der Waals surface area contributed by atoms with Crippen molar-refractivity contribution in [2.75, 3.05) is 40.8 Å². The van der Waals surface area contributed by atoms with E-state index in [1.54, 1.807) is 6.82 Å². The summed E-state index contributed by atoms with van der Waals surface area (Å²) >= 11 is 0. The standard InChI is InChI=1S/C15H34BN3O3/c1-16(22)10-6-5-8-15(17,14(20)21)9-7-11-19(4)13-12-18(2)3/h22H,5-13,17H2,1-4H3,(H,20,21). The smallest absolute Gasteiger partial charge is 0.323 e. The predicted octanol–water partition coefficient (Wildman–Crippen LogP) is 0.826. The minimum Gasteiger partial charge on any atom is -0.480 e. The van der Waals surface area contributed by atoms with Crippen LogP contribution in [0.1, 0.15) is 32.1 Å². The van der Waals surface area contributed by atoms with E-state index >= 15 is 0 Å². The van der Waals surface area contributed by atoms with Crippen LogP contribution in [0.15, 0.2) is 0 Å². The third kappa shape index (κ3) is 10.2. The number of carboxylic acid groups (broad SMARTS) is 1. The molecule has 4 N–H and O–H groups in total. The van der Waals surface area contributed by atoms with E-state index in [-0.39, 0.29) is 6.92 Å². The van der Waals surface area contributed by atoms with Crippen LogP contribution in [0.5, 0.6) is 0 Å². The summed E-state index contributed by atoms with van der Waals surface area (Å²) in [6.07, 6.45) is 3.99. The minimum absolute atomic E-state index is 0.331. The van der Waals surface area contributed by atoms with Crippen LogP contribution in [0.3, 0.4) is 0 Å². The molecule has 22 heavy (non-hydrogen) atoms. The van der Waals surface area contributed by atoms with Crippen molar-refractivity contribution in [1.29, 1.82) is 0 Å². The zero-order chi connectivity index (χ0) is 17.2. The van der Waals surface area contributed by atoms with E-state index in [1.807, 2.05) is 21.1 Å². The van der Waals surface area contributed by atoms with Crippen LogP contribution in [-0.2, 0) is 4.79 Å². The van der Waals surface area contributed by atoms with Gasteiger partial charge in [-0.25, -0.2) is 0 Å². The van der Waals surface area contributed by atoms with Crippen molar-refractivity contribution in [3.8, 4) is 0 Å². The van der Waals surface area contributed by atoms with Crippen LogP contribution in [0, 0.1) is 0 Å². The van der Waals surface area contributed by atoms with Crippen LogP contribution in [0.2, 0.25) is 13.1 Å². The molecule has 0 radical (unpaired) electrons. The number of nitrogens with two attached hydrogens (primary N) is 1. The quantitative estimate of drug-likeness (QED) is 0.344. The molecule has 0 rings (SSSR count). The Morgan fingerprint density at radius 2 is 1.68 bits per heavy atom. The monoisotopic (exact) mass is 315 g/mol. The van der Waals surface area contributed by atoms with Crippen LogP contribution in [-0.4, -0.2) is 79.1 Å². The highest BCUT2D eigenvalue weighted by Crippen LogP contribution is 2.19. The number of hydrogen-bond donors (Lipinski definition) is 3. The summed E-state index contributed by atoms with van der Waals surface area (Å²) in [6.45, 7) is 4.22. The van der Waals surface area contributed by atoms with Gasteiger partial charge >= 0.3 is 5.97 Å². The summed E-state index contributed by atoms with van der Waals surface area (Å²) in [7, 11) is 6.12. The molecular formula is C15H34BN3O3. The molecule has 0 heterocycles. The molecule has 0 bridgehead atoms. The fourth-order valence-corrected chi connectivity index (χ4v) is 2.37. The lowest BCUT2D eigenvalue weighted by molar-refractivity contribution is -0.144. The van der Waals surface area contributed by atoms with E-state index in [2.05, 4.69) is 9.80 Å². The SMILES string of the molecule is CB(O)CCCCC(N)(CCCN(C)CCN(C)C)C(=O)O. The van der Waals surface area contributed by atoms with Crippen molar-refractivity contribution in [2.24, 2.45) is 5.73 Å². The minimum atomic E-state index is -1.14. The number of carbonyl (C=O) groups is 1. The lowest BCUT2D eigenvalue weighted by Crippen LogP contribution is -2.48. The van der Waals surface area contributed by atoms with E-state index in [0.717, 1.165) is 38.9 Å². The molecule has 7 heteroatoms. The normalized spacial score (nSPS) is 14.4. The van der Waals surface area contributed by atoms with E-state index in [0.29, 0.717) is 19.2 Å². The first-order chi connectivity index (χ1) is 10.2. The molecular weight excluding hydrogens is 281 g/mol. The van der Waals surface area contributed by atoms with Crippen LogP contribution in [0.4, 0.5) is 0 Å². The molecule has 0 saturated heterocycles. The van der Waals surface area contributed by atoms with E-state index in [9.17, 15) is 14.9 Å². The number of hydrogen-bond acceptors (Lipinski definition) is 5. The van der Waals surface area contributed by atoms with Gasteiger partial charge in [0.05, 0.1) is 0 Å². The molecule has 0 aromatic rings. The van der Waals surface area contributed by atoms with Gasteiger partial charge in [0.2, 0.25) is 0 Å². The first-order valence-electron chi connectivity index (χ1n) is 8.21. The molecule has 0 fully saturated rings. The van der Waals surface area contributed by atoms with Gasteiger partial charge in [-0.3, -0.25) is 4.79 Å². The highest BCUT2D eigenvalue weighted by atomic mass is 16.4. The number of nitrogens with zero attached hydrogens (tertiary/aromatic N) is 2. The van der Waals surface area contributed by atoms with Gasteiger partial charge < -0.3 is 25.7 Å². The average molecular weight is 315 g/mol. The first kappa shape index (κ1) is 21.4. The zero-order valence-corrected chi connectivity index (χ0v) is 14.7. The molecule has 0 aliphatic rings. The number of rotatable bonds is 13. The summed E-state index contributed by atoms with van der Waals surface area (Å²) in [5, 5.41) is 18.6. The number of likely N-dealkylation sites (N-methyl/N-ethyl adjacent to an activating group) is 2. The fourth-order valence-electron chi connectivity index (χ4n) is 2.37. The topological polar surface area (TPSA) is 90.0 Å². The fraction of sp³-hybridized carbons (Fsp3) is 0.933.